The van der Waals surface area contributed by atoms with E-state index in [4.69, 9.17) is 4.74 Å². The molecule has 3 nitrogen and oxygen atoms in total. The molecule has 2 unspecified atom stereocenters. The second-order valence-electron chi connectivity index (χ2n) is 4.28. The molecular formula is C13H21NO2. The van der Waals surface area contributed by atoms with Crippen molar-refractivity contribution in [3.8, 4) is 0 Å². The number of aliphatic hydroxyl groups excluding tert-OH is 1. The van der Waals surface area contributed by atoms with Crippen LogP contribution >= 0.6 is 0 Å². The first-order chi connectivity index (χ1) is 7.61. The van der Waals surface area contributed by atoms with Crippen molar-refractivity contribution in [2.45, 2.75) is 19.1 Å². The molecular weight excluding hydrogens is 202 g/mol. The summed E-state index contributed by atoms with van der Waals surface area (Å²) in [6.07, 6.45) is -0.532. The van der Waals surface area contributed by atoms with Gasteiger partial charge in [0.05, 0.1) is 13.2 Å². The van der Waals surface area contributed by atoms with Crippen LogP contribution in [0.5, 0.6) is 0 Å². The maximum Gasteiger partial charge on any atom is 0.102 e. The summed E-state index contributed by atoms with van der Waals surface area (Å²) < 4.78 is 5.48. The lowest BCUT2D eigenvalue weighted by Crippen LogP contribution is -2.30. The molecule has 1 aromatic rings. The molecule has 0 radical (unpaired) electrons. The summed E-state index contributed by atoms with van der Waals surface area (Å²) >= 11 is 0. The molecule has 0 aliphatic rings. The van der Waals surface area contributed by atoms with E-state index in [1.165, 1.54) is 0 Å². The van der Waals surface area contributed by atoms with E-state index in [-0.39, 0.29) is 0 Å². The lowest BCUT2D eigenvalue weighted by Gasteiger charge is -2.20. The largest absolute Gasteiger partial charge is 0.386 e. The van der Waals surface area contributed by atoms with Crippen molar-refractivity contribution in [3.63, 3.8) is 0 Å². The van der Waals surface area contributed by atoms with E-state index in [0.29, 0.717) is 19.3 Å². The minimum absolute atomic E-state index is 0.349. The number of likely N-dealkylation sites (N-methyl/N-ethyl adjacent to an activating group) is 1. The zero-order valence-corrected chi connectivity index (χ0v) is 10.3. The van der Waals surface area contributed by atoms with Gasteiger partial charge in [0.15, 0.2) is 0 Å². The molecule has 1 aromatic carbocycles. The number of hydrogen-bond acceptors (Lipinski definition) is 3. The van der Waals surface area contributed by atoms with Crippen molar-refractivity contribution in [1.29, 1.82) is 0 Å². The van der Waals surface area contributed by atoms with E-state index < -0.39 is 6.10 Å². The SMILES string of the molecule is CC(COCC(O)c1ccccc1)N(C)C. The van der Waals surface area contributed by atoms with E-state index in [9.17, 15) is 5.11 Å². The Kier molecular flexibility index (Phi) is 5.46. The van der Waals surface area contributed by atoms with Gasteiger partial charge in [-0.1, -0.05) is 30.3 Å². The zero-order valence-electron chi connectivity index (χ0n) is 10.3. The molecule has 1 N–H and O–H groups in total. The number of hydrogen-bond donors (Lipinski definition) is 1. The van der Waals surface area contributed by atoms with Crippen LogP contribution in [0.25, 0.3) is 0 Å². The average molecular weight is 223 g/mol. The third-order valence-corrected chi connectivity index (χ3v) is 2.70. The van der Waals surface area contributed by atoms with Gasteiger partial charge in [-0.3, -0.25) is 0 Å². The number of aliphatic hydroxyl groups is 1. The third kappa shape index (κ3) is 4.31. The summed E-state index contributed by atoms with van der Waals surface area (Å²) in [4.78, 5) is 2.09. The minimum Gasteiger partial charge on any atom is -0.386 e. The van der Waals surface area contributed by atoms with Crippen LogP contribution in [0.1, 0.15) is 18.6 Å². The van der Waals surface area contributed by atoms with Crippen LogP contribution < -0.4 is 0 Å². The first-order valence-electron chi connectivity index (χ1n) is 5.58. The van der Waals surface area contributed by atoms with Gasteiger partial charge in [0.2, 0.25) is 0 Å². The summed E-state index contributed by atoms with van der Waals surface area (Å²) in [5, 5.41) is 9.83. The number of ether oxygens (including phenoxy) is 1. The van der Waals surface area contributed by atoms with Crippen molar-refractivity contribution >= 4 is 0 Å². The molecule has 0 aliphatic heterocycles. The highest BCUT2D eigenvalue weighted by Gasteiger charge is 2.09. The fourth-order valence-electron chi connectivity index (χ4n) is 1.27. The van der Waals surface area contributed by atoms with Crippen molar-refractivity contribution in [2.24, 2.45) is 0 Å². The van der Waals surface area contributed by atoms with Crippen LogP contribution in [0, 0.1) is 0 Å². The van der Waals surface area contributed by atoms with Crippen molar-refractivity contribution in [3.05, 3.63) is 35.9 Å². The molecule has 0 bridgehead atoms. The number of nitrogens with zero attached hydrogens (tertiary/aromatic N) is 1. The van der Waals surface area contributed by atoms with Crippen LogP contribution in [0.3, 0.4) is 0 Å². The highest BCUT2D eigenvalue weighted by molar-refractivity contribution is 5.17. The first kappa shape index (κ1) is 13.2. The van der Waals surface area contributed by atoms with Crippen LogP contribution in [0.2, 0.25) is 0 Å². The summed E-state index contributed by atoms with van der Waals surface area (Å²) in [6.45, 7) is 3.08. The molecule has 16 heavy (non-hydrogen) atoms. The second kappa shape index (κ2) is 6.63. The fourth-order valence-corrected chi connectivity index (χ4v) is 1.27. The molecule has 3 heteroatoms. The second-order valence-corrected chi connectivity index (χ2v) is 4.28. The molecule has 1 rings (SSSR count). The van der Waals surface area contributed by atoms with Crippen LogP contribution in [-0.4, -0.2) is 43.4 Å². The summed E-state index contributed by atoms with van der Waals surface area (Å²) in [5.74, 6) is 0. The molecule has 0 amide bonds. The lowest BCUT2D eigenvalue weighted by molar-refractivity contribution is 0.0164. The van der Waals surface area contributed by atoms with Gasteiger partial charge >= 0.3 is 0 Å². The quantitative estimate of drug-likeness (QED) is 0.796. The number of rotatable bonds is 6. The van der Waals surface area contributed by atoms with Crippen molar-refractivity contribution < 1.29 is 9.84 Å². The Bertz CT molecular complexity index is 287. The maximum absolute atomic E-state index is 9.83. The standard InChI is InChI=1S/C13H21NO2/c1-11(14(2)3)9-16-10-13(15)12-7-5-4-6-8-12/h4-8,11,13,15H,9-10H2,1-3H3. The Morgan fingerprint density at radius 1 is 1.19 bits per heavy atom. The summed E-state index contributed by atoms with van der Waals surface area (Å²) in [6, 6.07) is 9.95. The van der Waals surface area contributed by atoms with Crippen molar-refractivity contribution in [2.75, 3.05) is 27.3 Å². The molecule has 0 spiro atoms. The van der Waals surface area contributed by atoms with Gasteiger partial charge < -0.3 is 14.7 Å². The van der Waals surface area contributed by atoms with E-state index in [1.807, 2.05) is 44.4 Å². The highest BCUT2D eigenvalue weighted by Crippen LogP contribution is 2.12. The Morgan fingerprint density at radius 3 is 2.38 bits per heavy atom. The number of benzene rings is 1. The van der Waals surface area contributed by atoms with Gasteiger partial charge in [0.25, 0.3) is 0 Å². The molecule has 0 saturated carbocycles. The Hall–Kier alpha value is -0.900. The van der Waals surface area contributed by atoms with Crippen molar-refractivity contribution in [1.82, 2.24) is 4.90 Å². The van der Waals surface area contributed by atoms with E-state index in [2.05, 4.69) is 11.8 Å². The third-order valence-electron chi connectivity index (χ3n) is 2.70. The average Bonchev–Trinajstić information content (AvgIpc) is 2.29. The van der Waals surface area contributed by atoms with Gasteiger partial charge in [0.1, 0.15) is 6.10 Å². The topological polar surface area (TPSA) is 32.7 Å². The predicted octanol–water partition coefficient (Wildman–Crippen LogP) is 1.69. The molecule has 0 aliphatic carbocycles. The fraction of sp³-hybridized carbons (Fsp3) is 0.538. The monoisotopic (exact) mass is 223 g/mol. The molecule has 90 valence electrons. The molecule has 0 heterocycles. The van der Waals surface area contributed by atoms with Gasteiger partial charge in [-0.15, -0.1) is 0 Å². The van der Waals surface area contributed by atoms with Gasteiger partial charge in [-0.25, -0.2) is 0 Å². The van der Waals surface area contributed by atoms with E-state index >= 15 is 0 Å². The van der Waals surface area contributed by atoms with Crippen LogP contribution in [0.4, 0.5) is 0 Å². The zero-order chi connectivity index (χ0) is 12.0. The van der Waals surface area contributed by atoms with Gasteiger partial charge in [0, 0.05) is 6.04 Å². The first-order valence-corrected chi connectivity index (χ1v) is 5.58. The molecule has 0 saturated heterocycles. The smallest absolute Gasteiger partial charge is 0.102 e. The van der Waals surface area contributed by atoms with Gasteiger partial charge in [-0.05, 0) is 26.6 Å². The summed E-state index contributed by atoms with van der Waals surface area (Å²) in [7, 11) is 4.03. The lowest BCUT2D eigenvalue weighted by atomic mass is 10.1. The molecule has 2 atom stereocenters. The molecule has 0 fully saturated rings. The summed E-state index contributed by atoms with van der Waals surface area (Å²) in [5.41, 5.74) is 0.903. The minimum atomic E-state index is -0.532. The normalized spacial score (nSPS) is 15.1. The predicted molar refractivity (Wildman–Crippen MR) is 65.4 cm³/mol. The molecule has 0 aromatic heterocycles. The Labute approximate surface area is 97.7 Å². The Balaban J connectivity index is 2.28. The Morgan fingerprint density at radius 2 is 1.81 bits per heavy atom. The van der Waals surface area contributed by atoms with E-state index in [1.54, 1.807) is 0 Å². The van der Waals surface area contributed by atoms with Gasteiger partial charge in [-0.2, -0.15) is 0 Å². The van der Waals surface area contributed by atoms with Crippen LogP contribution in [-0.2, 0) is 4.74 Å². The van der Waals surface area contributed by atoms with E-state index in [0.717, 1.165) is 5.56 Å². The maximum atomic E-state index is 9.83. The van der Waals surface area contributed by atoms with Crippen LogP contribution in [0.15, 0.2) is 30.3 Å². The highest BCUT2D eigenvalue weighted by atomic mass is 16.5.